The predicted octanol–water partition coefficient (Wildman–Crippen LogP) is 2.47. The van der Waals surface area contributed by atoms with Gasteiger partial charge in [0.25, 0.3) is 0 Å². The summed E-state index contributed by atoms with van der Waals surface area (Å²) in [6.45, 7) is 6.57. The Bertz CT molecular complexity index is 506. The highest BCUT2D eigenvalue weighted by atomic mass is 35.5. The lowest BCUT2D eigenvalue weighted by molar-refractivity contribution is -0.124. The number of carbonyl (C=O) groups is 1. The summed E-state index contributed by atoms with van der Waals surface area (Å²) in [4.78, 5) is 14.7. The van der Waals surface area contributed by atoms with Gasteiger partial charge in [0.05, 0.1) is 5.69 Å². The van der Waals surface area contributed by atoms with Crippen LogP contribution in [0.25, 0.3) is 0 Å². The van der Waals surface area contributed by atoms with E-state index in [1.165, 1.54) is 12.8 Å². The number of aromatic nitrogens is 2. The first kappa shape index (κ1) is 19.0. The second-order valence-electron chi connectivity index (χ2n) is 6.59. The molecule has 2 rings (SSSR count). The first-order valence-corrected chi connectivity index (χ1v) is 7.84. The van der Waals surface area contributed by atoms with E-state index in [-0.39, 0.29) is 29.9 Å². The smallest absolute Gasteiger partial charge is 0.244 e. The van der Waals surface area contributed by atoms with Crippen LogP contribution in [-0.2, 0) is 4.79 Å². The molecule has 5 nitrogen and oxygen atoms in total. The summed E-state index contributed by atoms with van der Waals surface area (Å²) in [6, 6.07) is 1.74. The van der Waals surface area contributed by atoms with Gasteiger partial charge in [-0.15, -0.1) is 12.4 Å². The van der Waals surface area contributed by atoms with Gasteiger partial charge in [-0.1, -0.05) is 12.8 Å². The van der Waals surface area contributed by atoms with E-state index in [1.807, 2.05) is 31.5 Å². The van der Waals surface area contributed by atoms with Crippen LogP contribution in [0, 0.1) is 13.8 Å². The molecule has 1 aliphatic rings. The number of nitrogens with zero attached hydrogens (tertiary/aromatic N) is 3. The van der Waals surface area contributed by atoms with Gasteiger partial charge < -0.3 is 10.2 Å². The van der Waals surface area contributed by atoms with Crippen LogP contribution in [0.4, 0.5) is 0 Å². The van der Waals surface area contributed by atoms with Crippen LogP contribution in [0.3, 0.4) is 0 Å². The van der Waals surface area contributed by atoms with Crippen molar-refractivity contribution in [2.75, 3.05) is 20.6 Å². The maximum Gasteiger partial charge on any atom is 0.244 e. The third-order valence-corrected chi connectivity index (χ3v) is 4.87. The third kappa shape index (κ3) is 3.82. The van der Waals surface area contributed by atoms with Gasteiger partial charge in [-0.05, 0) is 53.8 Å². The molecule has 6 heteroatoms. The van der Waals surface area contributed by atoms with E-state index in [1.54, 1.807) is 0 Å². The van der Waals surface area contributed by atoms with Crippen molar-refractivity contribution in [3.63, 3.8) is 0 Å². The number of nitrogens with one attached hydrogen (secondary N) is 1. The Morgan fingerprint density at radius 3 is 2.45 bits per heavy atom. The minimum absolute atomic E-state index is 0. The lowest BCUT2D eigenvalue weighted by atomic mass is 9.96. The Kier molecular flexibility index (Phi) is 6.44. The highest BCUT2D eigenvalue weighted by Gasteiger charge is 2.36. The zero-order valence-corrected chi connectivity index (χ0v) is 15.2. The molecule has 1 aromatic rings. The molecule has 1 heterocycles. The number of aryl methyl sites for hydroxylation is 2. The molecular weight excluding hydrogens is 300 g/mol. The molecule has 0 aliphatic heterocycles. The fraction of sp³-hybridized carbons (Fsp3) is 0.750. The average molecular weight is 329 g/mol. The second kappa shape index (κ2) is 7.47. The molecule has 1 aliphatic carbocycles. The van der Waals surface area contributed by atoms with Crippen molar-refractivity contribution >= 4 is 18.3 Å². The number of halogens is 1. The molecule has 22 heavy (non-hydrogen) atoms. The molecule has 1 saturated carbocycles. The Hall–Kier alpha value is -1.07. The minimum atomic E-state index is -0.265. The summed E-state index contributed by atoms with van der Waals surface area (Å²) in [6.07, 6.45) is 4.82. The van der Waals surface area contributed by atoms with Crippen LogP contribution in [0.15, 0.2) is 6.07 Å². The first-order chi connectivity index (χ1) is 9.85. The molecule has 0 bridgehead atoms. The average Bonchev–Trinajstić information content (AvgIpc) is 3.02. The molecule has 1 unspecified atom stereocenters. The van der Waals surface area contributed by atoms with Crippen LogP contribution >= 0.6 is 12.4 Å². The number of amides is 1. The van der Waals surface area contributed by atoms with Gasteiger partial charge in [-0.25, -0.2) is 0 Å². The Morgan fingerprint density at radius 1 is 1.41 bits per heavy atom. The van der Waals surface area contributed by atoms with Crippen LogP contribution in [0.5, 0.6) is 0 Å². The standard InChI is InChI=1S/C16H28N4O.ClH/c1-12-10-13(2)20(18-12)14(3)15(21)17-11-16(19(4)5)8-6-7-9-16;/h10,14H,6-9,11H2,1-5H3,(H,17,21);1H. The van der Waals surface area contributed by atoms with Crippen molar-refractivity contribution in [3.05, 3.63) is 17.5 Å². The van der Waals surface area contributed by atoms with Gasteiger partial charge in [-0.3, -0.25) is 9.48 Å². The van der Waals surface area contributed by atoms with Crippen molar-refractivity contribution in [1.82, 2.24) is 20.0 Å². The molecule has 1 aromatic heterocycles. The Labute approximate surface area is 139 Å². The summed E-state index contributed by atoms with van der Waals surface area (Å²) < 4.78 is 1.81. The van der Waals surface area contributed by atoms with Gasteiger partial charge in [0.1, 0.15) is 6.04 Å². The molecule has 0 saturated heterocycles. The van der Waals surface area contributed by atoms with Crippen molar-refractivity contribution < 1.29 is 4.79 Å². The molecule has 0 radical (unpaired) electrons. The van der Waals surface area contributed by atoms with Crippen LogP contribution < -0.4 is 5.32 Å². The monoisotopic (exact) mass is 328 g/mol. The molecular formula is C16H29ClN4O. The number of hydrogen-bond donors (Lipinski definition) is 1. The maximum atomic E-state index is 12.4. The van der Waals surface area contributed by atoms with Gasteiger partial charge in [0, 0.05) is 17.8 Å². The van der Waals surface area contributed by atoms with Crippen LogP contribution in [0.1, 0.15) is 50.0 Å². The molecule has 1 N–H and O–H groups in total. The van der Waals surface area contributed by atoms with Crippen LogP contribution in [0.2, 0.25) is 0 Å². The number of carbonyl (C=O) groups excluding carboxylic acids is 1. The highest BCUT2D eigenvalue weighted by molar-refractivity contribution is 5.85. The molecule has 1 amide bonds. The van der Waals surface area contributed by atoms with Gasteiger partial charge in [0.15, 0.2) is 0 Å². The first-order valence-electron chi connectivity index (χ1n) is 7.84. The number of rotatable bonds is 5. The van der Waals surface area contributed by atoms with Gasteiger partial charge in [-0.2, -0.15) is 5.10 Å². The van der Waals surface area contributed by atoms with E-state index in [2.05, 4.69) is 29.4 Å². The summed E-state index contributed by atoms with van der Waals surface area (Å²) in [5.41, 5.74) is 2.11. The van der Waals surface area contributed by atoms with E-state index in [9.17, 15) is 4.79 Å². The van der Waals surface area contributed by atoms with Gasteiger partial charge in [0.2, 0.25) is 5.91 Å². The summed E-state index contributed by atoms with van der Waals surface area (Å²) in [7, 11) is 4.23. The molecule has 1 atom stereocenters. The largest absolute Gasteiger partial charge is 0.352 e. The lowest BCUT2D eigenvalue weighted by Gasteiger charge is -2.36. The minimum Gasteiger partial charge on any atom is -0.352 e. The molecule has 1 fully saturated rings. The van der Waals surface area contributed by atoms with Crippen molar-refractivity contribution in [1.29, 1.82) is 0 Å². The van der Waals surface area contributed by atoms with Crippen molar-refractivity contribution in [2.24, 2.45) is 0 Å². The van der Waals surface area contributed by atoms with Crippen molar-refractivity contribution in [3.8, 4) is 0 Å². The predicted molar refractivity (Wildman–Crippen MR) is 91.6 cm³/mol. The normalized spacial score (nSPS) is 18.1. The van der Waals surface area contributed by atoms with E-state index in [0.717, 1.165) is 30.8 Å². The van der Waals surface area contributed by atoms with E-state index >= 15 is 0 Å². The molecule has 126 valence electrons. The lowest BCUT2D eigenvalue weighted by Crippen LogP contribution is -2.51. The molecule has 0 spiro atoms. The highest BCUT2D eigenvalue weighted by Crippen LogP contribution is 2.33. The third-order valence-electron chi connectivity index (χ3n) is 4.87. The van der Waals surface area contributed by atoms with E-state index < -0.39 is 0 Å². The fourth-order valence-electron chi connectivity index (χ4n) is 3.36. The summed E-state index contributed by atoms with van der Waals surface area (Å²) in [5, 5.41) is 7.55. The Morgan fingerprint density at radius 2 is 2.00 bits per heavy atom. The van der Waals surface area contributed by atoms with Gasteiger partial charge >= 0.3 is 0 Å². The topological polar surface area (TPSA) is 50.2 Å². The zero-order chi connectivity index (χ0) is 15.6. The SMILES string of the molecule is Cc1cc(C)n(C(C)C(=O)NCC2(N(C)C)CCCC2)n1.Cl. The molecule has 0 aromatic carbocycles. The summed E-state index contributed by atoms with van der Waals surface area (Å²) in [5.74, 6) is 0.0503. The number of likely N-dealkylation sites (N-methyl/N-ethyl adjacent to an activating group) is 1. The number of hydrogen-bond acceptors (Lipinski definition) is 3. The summed E-state index contributed by atoms with van der Waals surface area (Å²) >= 11 is 0. The zero-order valence-electron chi connectivity index (χ0n) is 14.3. The maximum absolute atomic E-state index is 12.4. The van der Waals surface area contributed by atoms with E-state index in [4.69, 9.17) is 0 Å². The van der Waals surface area contributed by atoms with Crippen LogP contribution in [-0.4, -0.2) is 46.8 Å². The van der Waals surface area contributed by atoms with Crippen molar-refractivity contribution in [2.45, 2.75) is 58.0 Å². The van der Waals surface area contributed by atoms with E-state index in [0.29, 0.717) is 0 Å². The Balaban J connectivity index is 0.00000242. The fourth-order valence-corrected chi connectivity index (χ4v) is 3.36. The second-order valence-corrected chi connectivity index (χ2v) is 6.59. The quantitative estimate of drug-likeness (QED) is 0.903.